The fourth-order valence-electron chi connectivity index (χ4n) is 15.1. The van der Waals surface area contributed by atoms with E-state index in [1.54, 1.807) is 0 Å². The van der Waals surface area contributed by atoms with Gasteiger partial charge in [-0.1, -0.05) is 172 Å². The summed E-state index contributed by atoms with van der Waals surface area (Å²) in [5, 5.41) is 2.11. The minimum absolute atomic E-state index is 0.00996. The van der Waals surface area contributed by atoms with E-state index in [0.717, 1.165) is 103 Å². The van der Waals surface area contributed by atoms with Crippen molar-refractivity contribution >= 4 is 96.2 Å². The molecule has 0 bridgehead atoms. The number of nitrogens with zero attached hydrogens (tertiary/aromatic N) is 3. The van der Waals surface area contributed by atoms with Gasteiger partial charge in [0.05, 0.1) is 0 Å². The van der Waals surface area contributed by atoms with Crippen molar-refractivity contribution in [2.24, 2.45) is 0 Å². The molecule has 5 heteroatoms. The summed E-state index contributed by atoms with van der Waals surface area (Å²) >= 11 is 0. The molecule has 3 heterocycles. The fraction of sp³-hybridized carbons (Fsp3) is 0.377. The third-order valence-electron chi connectivity index (χ3n) is 19.8. The Morgan fingerprint density at radius 2 is 0.927 bits per heavy atom. The predicted octanol–water partition coefficient (Wildman–Crippen LogP) is 20.0. The molecule has 0 N–H and O–H groups in total. The van der Waals surface area contributed by atoms with Crippen LogP contribution in [0.5, 0.6) is 0 Å². The van der Waals surface area contributed by atoms with E-state index >= 15 is 0 Å². The lowest BCUT2D eigenvalue weighted by molar-refractivity contribution is 0.332. The van der Waals surface area contributed by atoms with Crippen LogP contribution in [0.15, 0.2) is 144 Å². The molecule has 0 atom stereocenters. The molecule has 0 radical (unpaired) electrons. The standard InChI is InChI=1S/C77H86BN3O/c1-46-36-66-70-67(37-46)81(63-43-59-57(38-47(63)2)74(12,13)34-35-75(59,14)15)65-44-60-58(76(16,17)45-77(60,18)19)42-62(65)78(70)61-33-30-53(79(51-25-20-48(21-26-51)71(3,4)5)52-27-22-49(23-28-52)72(6,7)8)40-64(61)80(66)54-29-32-56-55-31-24-50(73(9,10)11)39-68(55)82-69(56)41-54/h20-33,36-44H,34-35,45H2,1-19H3/i1D3. The fourth-order valence-corrected chi connectivity index (χ4v) is 15.1. The Morgan fingerprint density at radius 1 is 0.451 bits per heavy atom. The van der Waals surface area contributed by atoms with Gasteiger partial charge in [-0.3, -0.25) is 0 Å². The van der Waals surface area contributed by atoms with Gasteiger partial charge in [0.25, 0.3) is 6.71 Å². The molecule has 8 aromatic carbocycles. The highest BCUT2D eigenvalue weighted by molar-refractivity contribution is 7.00. The zero-order chi connectivity index (χ0) is 60.8. The molecule has 4 aliphatic rings. The van der Waals surface area contributed by atoms with Gasteiger partial charge in [-0.15, -0.1) is 0 Å². The Kier molecular flexibility index (Phi) is 11.0. The Bertz CT molecular complexity index is 4170. The molecule has 0 fully saturated rings. The lowest BCUT2D eigenvalue weighted by Gasteiger charge is -2.46. The zero-order valence-corrected chi connectivity index (χ0v) is 52.2. The molecule has 1 aromatic heterocycles. The van der Waals surface area contributed by atoms with Crippen LogP contribution in [0.25, 0.3) is 21.9 Å². The summed E-state index contributed by atoms with van der Waals surface area (Å²) in [5.41, 5.74) is 24.5. The maximum Gasteiger partial charge on any atom is 0.252 e. The lowest BCUT2D eigenvalue weighted by atomic mass is 9.33. The smallest absolute Gasteiger partial charge is 0.252 e. The predicted molar refractivity (Wildman–Crippen MR) is 354 cm³/mol. The Labute approximate surface area is 495 Å². The highest BCUT2D eigenvalue weighted by Gasteiger charge is 2.49. The third-order valence-corrected chi connectivity index (χ3v) is 19.8. The number of hydrogen-bond acceptors (Lipinski definition) is 4. The number of rotatable bonds is 5. The van der Waals surface area contributed by atoms with Crippen molar-refractivity contribution < 1.29 is 8.53 Å². The van der Waals surface area contributed by atoms with Gasteiger partial charge in [0.15, 0.2) is 0 Å². The van der Waals surface area contributed by atoms with Crippen molar-refractivity contribution in [2.45, 2.75) is 189 Å². The van der Waals surface area contributed by atoms with Crippen molar-refractivity contribution in [3.63, 3.8) is 0 Å². The summed E-state index contributed by atoms with van der Waals surface area (Å²) in [6.45, 7) is 39.2. The zero-order valence-electron chi connectivity index (χ0n) is 55.2. The van der Waals surface area contributed by atoms with E-state index in [0.29, 0.717) is 5.56 Å². The highest BCUT2D eigenvalue weighted by atomic mass is 16.3. The Hall–Kier alpha value is -6.98. The Balaban J connectivity index is 1.14. The maximum atomic E-state index is 9.41. The van der Waals surface area contributed by atoms with Crippen molar-refractivity contribution in [1.29, 1.82) is 0 Å². The maximum absolute atomic E-state index is 9.41. The molecule has 13 rings (SSSR count). The minimum atomic E-state index is -2.44. The molecule has 9 aromatic rings. The largest absolute Gasteiger partial charge is 0.456 e. The molecule has 0 spiro atoms. The summed E-state index contributed by atoms with van der Waals surface area (Å²) in [7, 11) is 0. The van der Waals surface area contributed by atoms with Gasteiger partial charge in [-0.05, 0) is 216 Å². The normalized spacial score (nSPS) is 18.1. The van der Waals surface area contributed by atoms with Crippen LogP contribution < -0.4 is 31.1 Å². The molecule has 2 aliphatic heterocycles. The van der Waals surface area contributed by atoms with Gasteiger partial charge in [-0.25, -0.2) is 0 Å². The number of hydrogen-bond donors (Lipinski definition) is 0. The molecule has 0 unspecified atom stereocenters. The van der Waals surface area contributed by atoms with Gasteiger partial charge in [0.1, 0.15) is 11.2 Å². The topological polar surface area (TPSA) is 22.9 Å². The van der Waals surface area contributed by atoms with Crippen LogP contribution in [0.2, 0.25) is 0 Å². The van der Waals surface area contributed by atoms with E-state index < -0.39 is 6.85 Å². The molecular formula is C77H86BN3O. The number of fused-ring (bicyclic) bond motifs is 9. The van der Waals surface area contributed by atoms with E-state index in [4.69, 9.17) is 4.42 Å². The van der Waals surface area contributed by atoms with Crippen LogP contribution in [0.3, 0.4) is 0 Å². The van der Waals surface area contributed by atoms with Crippen molar-refractivity contribution in [3.8, 4) is 0 Å². The first kappa shape index (κ1) is 50.7. The number of anilines is 9. The van der Waals surface area contributed by atoms with Gasteiger partial charge < -0.3 is 19.1 Å². The first-order valence-corrected chi connectivity index (χ1v) is 30.3. The van der Waals surface area contributed by atoms with Crippen LogP contribution in [0.4, 0.5) is 51.2 Å². The summed E-state index contributed by atoms with van der Waals surface area (Å²) in [6, 6.07) is 52.6. The quantitative estimate of drug-likeness (QED) is 0.160. The van der Waals surface area contributed by atoms with Crippen molar-refractivity contribution in [3.05, 3.63) is 190 Å². The molecule has 4 nitrogen and oxygen atoms in total. The highest BCUT2D eigenvalue weighted by Crippen LogP contribution is 2.55. The first-order chi connectivity index (χ1) is 39.5. The van der Waals surface area contributed by atoms with Crippen LogP contribution in [-0.2, 0) is 37.9 Å². The van der Waals surface area contributed by atoms with Crippen LogP contribution in [0, 0.1) is 13.8 Å². The second-order valence-electron chi connectivity index (χ2n) is 30.8. The van der Waals surface area contributed by atoms with Gasteiger partial charge in [0.2, 0.25) is 0 Å². The monoisotopic (exact) mass is 1080 g/mol. The molecule has 418 valence electrons. The van der Waals surface area contributed by atoms with Crippen LogP contribution in [0.1, 0.15) is 191 Å². The molecular weight excluding hydrogens is 994 g/mol. The van der Waals surface area contributed by atoms with Gasteiger partial charge in [0, 0.05) is 72.1 Å². The van der Waals surface area contributed by atoms with E-state index in [2.05, 4.69) is 267 Å². The first-order valence-electron chi connectivity index (χ1n) is 31.8. The average molecular weight is 1080 g/mol. The number of furan rings is 1. The van der Waals surface area contributed by atoms with E-state index in [-0.39, 0.29) is 44.6 Å². The summed E-state index contributed by atoms with van der Waals surface area (Å²) in [4.78, 5) is 7.25. The lowest BCUT2D eigenvalue weighted by Crippen LogP contribution is -2.61. The summed E-state index contributed by atoms with van der Waals surface area (Å²) in [5.74, 6) is 0. The van der Waals surface area contributed by atoms with E-state index in [9.17, 15) is 4.11 Å². The van der Waals surface area contributed by atoms with Crippen LogP contribution in [-0.4, -0.2) is 6.71 Å². The molecule has 0 amide bonds. The molecule has 0 saturated carbocycles. The Morgan fingerprint density at radius 3 is 1.50 bits per heavy atom. The van der Waals surface area contributed by atoms with Crippen molar-refractivity contribution in [2.75, 3.05) is 14.7 Å². The second-order valence-corrected chi connectivity index (χ2v) is 30.8. The summed E-state index contributed by atoms with van der Waals surface area (Å²) in [6.07, 6.45) is 3.21. The van der Waals surface area contributed by atoms with Crippen LogP contribution >= 0.6 is 0 Å². The van der Waals surface area contributed by atoms with E-state index in [1.165, 1.54) is 50.0 Å². The summed E-state index contributed by atoms with van der Waals surface area (Å²) < 4.78 is 35.2. The second kappa shape index (κ2) is 17.8. The van der Waals surface area contributed by atoms with Crippen molar-refractivity contribution in [1.82, 2.24) is 0 Å². The molecule has 0 saturated heterocycles. The SMILES string of the molecule is [2H]C([2H])([2H])c1cc2c3c(c1)N(c1cc4c(cc1C)C(C)(C)CCC4(C)C)c1cc4c(cc1B3c1ccc(N(c3ccc(C(C)(C)C)cc3)c3ccc(C(C)(C)C)cc3)cc1N2c1ccc2c(c1)oc1cc(C(C)(C)C)ccc12)C(C)(C)CC4(C)C. The van der Waals surface area contributed by atoms with E-state index in [1.807, 2.05) is 12.1 Å². The number of aryl methyl sites for hydroxylation is 2. The molecule has 82 heavy (non-hydrogen) atoms. The average Bonchev–Trinajstić information content (AvgIpc) is 1.46. The third kappa shape index (κ3) is 8.51. The molecule has 2 aliphatic carbocycles. The minimum Gasteiger partial charge on any atom is -0.456 e. The van der Waals surface area contributed by atoms with Gasteiger partial charge >= 0.3 is 0 Å². The van der Waals surface area contributed by atoms with Gasteiger partial charge in [-0.2, -0.15) is 0 Å². The number of benzene rings is 8.